The summed E-state index contributed by atoms with van der Waals surface area (Å²) in [5.74, 6) is 0.771. The molecule has 0 bridgehead atoms. The van der Waals surface area contributed by atoms with Gasteiger partial charge in [0.25, 0.3) is 5.91 Å². The van der Waals surface area contributed by atoms with Crippen molar-refractivity contribution in [3.05, 3.63) is 52.0 Å². The molecule has 0 spiro atoms. The van der Waals surface area contributed by atoms with Crippen LogP contribution in [-0.2, 0) is 0 Å². The number of carbonyl (C=O) groups excluding carboxylic acids is 1. The average molecular weight is 383 g/mol. The second-order valence-corrected chi connectivity index (χ2v) is 7.80. The highest BCUT2D eigenvalue weighted by Crippen LogP contribution is 2.35. The van der Waals surface area contributed by atoms with Crippen LogP contribution in [0, 0.1) is 0 Å². The van der Waals surface area contributed by atoms with Crippen LogP contribution in [0.3, 0.4) is 0 Å². The van der Waals surface area contributed by atoms with E-state index in [4.69, 9.17) is 23.2 Å². The summed E-state index contributed by atoms with van der Waals surface area (Å²) in [6, 6.07) is 11.1. The fraction of sp³-hybridized carbons (Fsp3) is 0.125. The number of thioether (sulfide) groups is 1. The fourth-order valence-electron chi connectivity index (χ4n) is 2.05. The molecule has 0 saturated heterocycles. The number of aromatic nitrogens is 1. The van der Waals surface area contributed by atoms with E-state index in [9.17, 15) is 4.79 Å². The van der Waals surface area contributed by atoms with Crippen molar-refractivity contribution in [3.8, 4) is 0 Å². The molecule has 3 rings (SSSR count). The van der Waals surface area contributed by atoms with Crippen molar-refractivity contribution in [2.24, 2.45) is 0 Å². The summed E-state index contributed by atoms with van der Waals surface area (Å²) >= 11 is 15.2. The number of hydrogen-bond donors (Lipinski definition) is 1. The van der Waals surface area contributed by atoms with Crippen molar-refractivity contribution >= 4 is 67.6 Å². The second kappa shape index (κ2) is 7.09. The van der Waals surface area contributed by atoms with Gasteiger partial charge in [0.15, 0.2) is 5.13 Å². The lowest BCUT2D eigenvalue weighted by molar-refractivity contribution is 0.102. The Morgan fingerprint density at radius 1 is 1.30 bits per heavy atom. The molecular formula is C16H12Cl2N2OS2. The van der Waals surface area contributed by atoms with Crippen LogP contribution in [0.25, 0.3) is 10.2 Å². The molecule has 0 radical (unpaired) electrons. The zero-order valence-electron chi connectivity index (χ0n) is 12.1. The highest BCUT2D eigenvalue weighted by atomic mass is 35.5. The van der Waals surface area contributed by atoms with Gasteiger partial charge < -0.3 is 0 Å². The van der Waals surface area contributed by atoms with Crippen molar-refractivity contribution in [2.45, 2.75) is 11.8 Å². The largest absolute Gasteiger partial charge is 0.298 e. The van der Waals surface area contributed by atoms with Crippen molar-refractivity contribution < 1.29 is 4.79 Å². The molecule has 1 heterocycles. The third kappa shape index (κ3) is 3.63. The van der Waals surface area contributed by atoms with Crippen LogP contribution in [0.15, 0.2) is 41.3 Å². The van der Waals surface area contributed by atoms with E-state index in [0.717, 1.165) is 15.3 Å². The summed E-state index contributed by atoms with van der Waals surface area (Å²) in [6.07, 6.45) is 0. The summed E-state index contributed by atoms with van der Waals surface area (Å²) in [5, 5.41) is 4.18. The number of hydrogen-bond acceptors (Lipinski definition) is 4. The number of nitrogens with zero attached hydrogens (tertiary/aromatic N) is 1. The van der Waals surface area contributed by atoms with E-state index in [-0.39, 0.29) is 5.91 Å². The number of carbonyl (C=O) groups is 1. The molecule has 3 nitrogen and oxygen atoms in total. The van der Waals surface area contributed by atoms with Gasteiger partial charge in [0.1, 0.15) is 5.52 Å². The Bertz CT molecular complexity index is 880. The number of nitrogens with one attached hydrogen (secondary N) is 1. The van der Waals surface area contributed by atoms with E-state index in [1.54, 1.807) is 23.9 Å². The van der Waals surface area contributed by atoms with Gasteiger partial charge >= 0.3 is 0 Å². The van der Waals surface area contributed by atoms with E-state index in [1.807, 2.05) is 24.3 Å². The molecule has 2 aromatic carbocycles. The van der Waals surface area contributed by atoms with Gasteiger partial charge in [-0.1, -0.05) is 47.5 Å². The highest BCUT2D eigenvalue weighted by molar-refractivity contribution is 7.99. The number of fused-ring (bicyclic) bond motifs is 1. The lowest BCUT2D eigenvalue weighted by atomic mass is 10.2. The molecule has 0 unspecified atom stereocenters. The third-order valence-corrected chi connectivity index (χ3v) is 5.69. The summed E-state index contributed by atoms with van der Waals surface area (Å²) < 4.78 is 0.880. The first kappa shape index (κ1) is 16.6. The Kier molecular flexibility index (Phi) is 5.11. The van der Waals surface area contributed by atoms with Gasteiger partial charge in [0, 0.05) is 10.5 Å². The maximum absolute atomic E-state index is 12.4. The second-order valence-electron chi connectivity index (χ2n) is 4.64. The average Bonchev–Trinajstić information content (AvgIpc) is 2.95. The molecule has 1 amide bonds. The van der Waals surface area contributed by atoms with E-state index in [0.29, 0.717) is 26.3 Å². The normalized spacial score (nSPS) is 10.9. The molecule has 0 atom stereocenters. The summed E-state index contributed by atoms with van der Waals surface area (Å²) in [6.45, 7) is 2.08. The van der Waals surface area contributed by atoms with Crippen molar-refractivity contribution in [2.75, 3.05) is 11.1 Å². The predicted octanol–water partition coefficient (Wildman–Crippen LogP) is 5.97. The van der Waals surface area contributed by atoms with Gasteiger partial charge in [0.2, 0.25) is 0 Å². The van der Waals surface area contributed by atoms with Crippen LogP contribution in [0.1, 0.15) is 17.3 Å². The summed E-state index contributed by atoms with van der Waals surface area (Å²) in [7, 11) is 0. The molecule has 0 fully saturated rings. The number of thiazole rings is 1. The third-order valence-electron chi connectivity index (χ3n) is 3.08. The van der Waals surface area contributed by atoms with Gasteiger partial charge in [-0.2, -0.15) is 0 Å². The van der Waals surface area contributed by atoms with E-state index in [1.165, 1.54) is 11.3 Å². The van der Waals surface area contributed by atoms with Crippen molar-refractivity contribution in [1.29, 1.82) is 0 Å². The first-order valence-corrected chi connectivity index (χ1v) is 9.43. The summed E-state index contributed by atoms with van der Waals surface area (Å²) in [5.41, 5.74) is 1.21. The fourth-order valence-corrected chi connectivity index (χ4v) is 4.06. The molecule has 0 aliphatic carbocycles. The molecule has 1 N–H and O–H groups in total. The Hall–Kier alpha value is -1.27. The van der Waals surface area contributed by atoms with Crippen molar-refractivity contribution in [3.63, 3.8) is 0 Å². The molecule has 0 aliphatic rings. The number of benzene rings is 2. The standard InChI is InChI=1S/C16H12Cl2N2OS2/c1-2-22-10-5-3-4-9(8-10)15(21)20-16-19-14-12(23-16)7-6-11(17)13(14)18/h3-8H,2H2,1H3,(H,19,20,21). The number of halogens is 2. The van der Waals surface area contributed by atoms with Crippen LogP contribution in [0.4, 0.5) is 5.13 Å². The zero-order chi connectivity index (χ0) is 16.4. The smallest absolute Gasteiger partial charge is 0.257 e. The zero-order valence-corrected chi connectivity index (χ0v) is 15.2. The van der Waals surface area contributed by atoms with Crippen LogP contribution >= 0.6 is 46.3 Å². The molecule has 0 saturated carbocycles. The van der Waals surface area contributed by atoms with Gasteiger partial charge in [0.05, 0.1) is 14.7 Å². The molecule has 1 aromatic heterocycles. The topological polar surface area (TPSA) is 42.0 Å². The SMILES string of the molecule is CCSc1cccc(C(=O)Nc2nc3c(Cl)c(Cl)ccc3s2)c1. The minimum absolute atomic E-state index is 0.190. The first-order valence-electron chi connectivity index (χ1n) is 6.87. The number of anilines is 1. The van der Waals surface area contributed by atoms with E-state index in [2.05, 4.69) is 17.2 Å². The maximum atomic E-state index is 12.4. The molecule has 23 heavy (non-hydrogen) atoms. The first-order chi connectivity index (χ1) is 11.1. The minimum atomic E-state index is -0.190. The molecular weight excluding hydrogens is 371 g/mol. The Balaban J connectivity index is 1.85. The molecule has 3 aromatic rings. The lowest BCUT2D eigenvalue weighted by Gasteiger charge is -2.04. The van der Waals surface area contributed by atoms with E-state index < -0.39 is 0 Å². The van der Waals surface area contributed by atoms with Crippen LogP contribution in [-0.4, -0.2) is 16.6 Å². The Labute approximate surface area is 152 Å². The van der Waals surface area contributed by atoms with E-state index >= 15 is 0 Å². The Morgan fingerprint density at radius 2 is 2.13 bits per heavy atom. The minimum Gasteiger partial charge on any atom is -0.298 e. The molecule has 118 valence electrons. The van der Waals surface area contributed by atoms with Crippen molar-refractivity contribution in [1.82, 2.24) is 4.98 Å². The van der Waals surface area contributed by atoms with Crippen LogP contribution in [0.2, 0.25) is 10.0 Å². The quantitative estimate of drug-likeness (QED) is 0.565. The number of rotatable bonds is 4. The van der Waals surface area contributed by atoms with Crippen LogP contribution < -0.4 is 5.32 Å². The van der Waals surface area contributed by atoms with Gasteiger partial charge in [-0.25, -0.2) is 4.98 Å². The molecule has 7 heteroatoms. The molecule has 0 aliphatic heterocycles. The number of amides is 1. The van der Waals surface area contributed by atoms with Crippen LogP contribution in [0.5, 0.6) is 0 Å². The summed E-state index contributed by atoms with van der Waals surface area (Å²) in [4.78, 5) is 17.8. The highest BCUT2D eigenvalue weighted by Gasteiger charge is 2.13. The lowest BCUT2D eigenvalue weighted by Crippen LogP contribution is -2.11. The predicted molar refractivity (Wildman–Crippen MR) is 100 cm³/mol. The van der Waals surface area contributed by atoms with Gasteiger partial charge in [-0.15, -0.1) is 11.8 Å². The monoisotopic (exact) mass is 382 g/mol. The maximum Gasteiger partial charge on any atom is 0.257 e. The van der Waals surface area contributed by atoms with Gasteiger partial charge in [-0.3, -0.25) is 10.1 Å². The Morgan fingerprint density at radius 3 is 2.91 bits per heavy atom. The van der Waals surface area contributed by atoms with Gasteiger partial charge in [-0.05, 0) is 36.1 Å².